The zero-order valence-corrected chi connectivity index (χ0v) is 9.54. The quantitative estimate of drug-likeness (QED) is 0.735. The van der Waals surface area contributed by atoms with Gasteiger partial charge in [0.2, 0.25) is 0 Å². The van der Waals surface area contributed by atoms with Crippen molar-refractivity contribution in [2.24, 2.45) is 0 Å². The van der Waals surface area contributed by atoms with Crippen molar-refractivity contribution in [1.82, 2.24) is 0 Å². The van der Waals surface area contributed by atoms with Gasteiger partial charge in [0, 0.05) is 19.1 Å². The van der Waals surface area contributed by atoms with E-state index in [1.165, 1.54) is 5.69 Å². The Kier molecular flexibility index (Phi) is 2.35. The molecule has 0 bridgehead atoms. The van der Waals surface area contributed by atoms with Crippen LogP contribution in [0.25, 0.3) is 0 Å². The van der Waals surface area contributed by atoms with Gasteiger partial charge in [-0.2, -0.15) is 0 Å². The molecule has 0 atom stereocenters. The van der Waals surface area contributed by atoms with Crippen LogP contribution in [0.4, 0.5) is 11.4 Å². The molecule has 0 saturated heterocycles. The fraction of sp³-hybridized carbons (Fsp3) is 0.500. The smallest absolute Gasteiger partial charge is 0.0682 e. The monoisotopic (exact) mass is 206 g/mol. The second-order valence-electron chi connectivity index (χ2n) is 4.87. The second kappa shape index (κ2) is 3.42. The summed E-state index contributed by atoms with van der Waals surface area (Å²) in [5, 5.41) is 12.6. The van der Waals surface area contributed by atoms with E-state index in [-0.39, 0.29) is 12.1 Å². The third-order valence-electron chi connectivity index (χ3n) is 2.76. The van der Waals surface area contributed by atoms with Gasteiger partial charge in [-0.15, -0.1) is 0 Å². The van der Waals surface area contributed by atoms with Crippen molar-refractivity contribution in [2.75, 3.05) is 23.8 Å². The Morgan fingerprint density at radius 2 is 2.20 bits per heavy atom. The van der Waals surface area contributed by atoms with Gasteiger partial charge in [-0.25, -0.2) is 0 Å². The minimum atomic E-state index is 0.0997. The number of likely N-dealkylation sites (N-methyl/N-ethyl adjacent to an activating group) is 1. The van der Waals surface area contributed by atoms with Crippen LogP contribution >= 0.6 is 0 Å². The van der Waals surface area contributed by atoms with Crippen LogP contribution in [0.3, 0.4) is 0 Å². The largest absolute Gasteiger partial charge is 0.392 e. The van der Waals surface area contributed by atoms with Crippen molar-refractivity contribution < 1.29 is 5.11 Å². The third kappa shape index (κ3) is 1.92. The van der Waals surface area contributed by atoms with E-state index in [4.69, 9.17) is 5.11 Å². The van der Waals surface area contributed by atoms with Crippen LogP contribution in [0.1, 0.15) is 19.4 Å². The predicted octanol–water partition coefficient (Wildman–Crippen LogP) is 1.82. The van der Waals surface area contributed by atoms with E-state index in [0.717, 1.165) is 17.8 Å². The number of nitrogens with one attached hydrogen (secondary N) is 1. The van der Waals surface area contributed by atoms with Crippen LogP contribution in [-0.4, -0.2) is 24.2 Å². The molecule has 0 aromatic heterocycles. The Bertz CT molecular complexity index is 374. The lowest BCUT2D eigenvalue weighted by atomic mass is 9.99. The molecule has 0 spiro atoms. The first-order chi connectivity index (χ1) is 7.02. The van der Waals surface area contributed by atoms with E-state index >= 15 is 0 Å². The lowest BCUT2D eigenvalue weighted by molar-refractivity contribution is 0.282. The highest BCUT2D eigenvalue weighted by Crippen LogP contribution is 2.34. The van der Waals surface area contributed by atoms with Crippen LogP contribution in [0.2, 0.25) is 0 Å². The summed E-state index contributed by atoms with van der Waals surface area (Å²) in [4.78, 5) is 2.23. The highest BCUT2D eigenvalue weighted by Gasteiger charge is 2.27. The summed E-state index contributed by atoms with van der Waals surface area (Å²) >= 11 is 0. The summed E-state index contributed by atoms with van der Waals surface area (Å²) < 4.78 is 0. The summed E-state index contributed by atoms with van der Waals surface area (Å²) in [7, 11) is 2.09. The Morgan fingerprint density at radius 3 is 2.87 bits per heavy atom. The highest BCUT2D eigenvalue weighted by atomic mass is 16.3. The van der Waals surface area contributed by atoms with Gasteiger partial charge in [-0.1, -0.05) is 6.07 Å². The average Bonchev–Trinajstić information content (AvgIpc) is 2.15. The number of hydrogen-bond donors (Lipinski definition) is 2. The molecular weight excluding hydrogens is 188 g/mol. The molecule has 0 fully saturated rings. The van der Waals surface area contributed by atoms with E-state index < -0.39 is 0 Å². The molecule has 2 rings (SSSR count). The molecule has 0 saturated carbocycles. The first-order valence-electron chi connectivity index (χ1n) is 5.25. The molecule has 2 N–H and O–H groups in total. The minimum absolute atomic E-state index is 0.0997. The Labute approximate surface area is 90.7 Å². The van der Waals surface area contributed by atoms with E-state index in [1.54, 1.807) is 0 Å². The number of fused-ring (bicyclic) bond motifs is 1. The molecule has 0 radical (unpaired) electrons. The average molecular weight is 206 g/mol. The molecule has 0 aliphatic carbocycles. The van der Waals surface area contributed by atoms with Gasteiger partial charge in [0.25, 0.3) is 0 Å². The van der Waals surface area contributed by atoms with Gasteiger partial charge >= 0.3 is 0 Å². The van der Waals surface area contributed by atoms with Crippen molar-refractivity contribution >= 4 is 11.4 Å². The standard InChI is InChI=1S/C12H18N2O/c1-12(2)8-14(3)11-6-9(7-15)4-5-10(11)13-12/h4-6,13,15H,7-8H2,1-3H3. The molecule has 0 unspecified atom stereocenters. The van der Waals surface area contributed by atoms with Crippen LogP contribution in [-0.2, 0) is 6.61 Å². The second-order valence-corrected chi connectivity index (χ2v) is 4.87. The first-order valence-corrected chi connectivity index (χ1v) is 5.25. The number of aliphatic hydroxyl groups is 1. The van der Waals surface area contributed by atoms with Crippen molar-refractivity contribution in [2.45, 2.75) is 26.0 Å². The Hall–Kier alpha value is -1.22. The number of benzene rings is 1. The zero-order valence-electron chi connectivity index (χ0n) is 9.54. The number of rotatable bonds is 1. The molecule has 1 aliphatic rings. The molecule has 3 heteroatoms. The molecule has 3 nitrogen and oxygen atoms in total. The predicted molar refractivity (Wildman–Crippen MR) is 63.3 cm³/mol. The van der Waals surface area contributed by atoms with Crippen LogP contribution < -0.4 is 10.2 Å². The first kappa shape index (κ1) is 10.3. The van der Waals surface area contributed by atoms with Gasteiger partial charge in [0.1, 0.15) is 0 Å². The minimum Gasteiger partial charge on any atom is -0.392 e. The molecule has 82 valence electrons. The van der Waals surface area contributed by atoms with Crippen molar-refractivity contribution in [3.05, 3.63) is 23.8 Å². The van der Waals surface area contributed by atoms with Crippen molar-refractivity contribution in [3.63, 3.8) is 0 Å². The summed E-state index contributed by atoms with van der Waals surface area (Å²) in [5.41, 5.74) is 3.37. The van der Waals surface area contributed by atoms with Crippen molar-refractivity contribution in [3.8, 4) is 0 Å². The maximum Gasteiger partial charge on any atom is 0.0682 e. The highest BCUT2D eigenvalue weighted by molar-refractivity contribution is 5.74. The van der Waals surface area contributed by atoms with Gasteiger partial charge in [-0.05, 0) is 31.5 Å². The molecule has 1 aliphatic heterocycles. The molecule has 1 aromatic carbocycles. The number of hydrogen-bond acceptors (Lipinski definition) is 3. The maximum atomic E-state index is 9.09. The lowest BCUT2D eigenvalue weighted by Gasteiger charge is -2.40. The van der Waals surface area contributed by atoms with Crippen molar-refractivity contribution in [1.29, 1.82) is 0 Å². The molecule has 1 heterocycles. The molecule has 1 aromatic rings. The molecule has 15 heavy (non-hydrogen) atoms. The Morgan fingerprint density at radius 1 is 1.47 bits per heavy atom. The van der Waals surface area contributed by atoms with E-state index in [0.29, 0.717) is 0 Å². The summed E-state index contributed by atoms with van der Waals surface area (Å²) in [5.74, 6) is 0. The lowest BCUT2D eigenvalue weighted by Crippen LogP contribution is -2.46. The zero-order chi connectivity index (χ0) is 11.1. The van der Waals surface area contributed by atoms with Crippen LogP contribution in [0, 0.1) is 0 Å². The van der Waals surface area contributed by atoms with Gasteiger partial charge < -0.3 is 15.3 Å². The maximum absolute atomic E-state index is 9.09. The Balaban J connectivity index is 2.41. The fourth-order valence-corrected chi connectivity index (χ4v) is 2.18. The number of nitrogens with zero attached hydrogens (tertiary/aromatic N) is 1. The van der Waals surface area contributed by atoms with E-state index in [9.17, 15) is 0 Å². The van der Waals surface area contributed by atoms with E-state index in [1.807, 2.05) is 18.2 Å². The molecular formula is C12H18N2O. The van der Waals surface area contributed by atoms with Crippen LogP contribution in [0.15, 0.2) is 18.2 Å². The normalized spacial score (nSPS) is 18.3. The summed E-state index contributed by atoms with van der Waals surface area (Å²) in [6.07, 6.45) is 0. The number of aliphatic hydroxyl groups excluding tert-OH is 1. The van der Waals surface area contributed by atoms with Crippen LogP contribution in [0.5, 0.6) is 0 Å². The summed E-state index contributed by atoms with van der Waals surface area (Å²) in [6.45, 7) is 5.44. The fourth-order valence-electron chi connectivity index (χ4n) is 2.18. The van der Waals surface area contributed by atoms with Gasteiger partial charge in [0.15, 0.2) is 0 Å². The van der Waals surface area contributed by atoms with Gasteiger partial charge in [0.05, 0.1) is 18.0 Å². The van der Waals surface area contributed by atoms with E-state index in [2.05, 4.69) is 31.1 Å². The summed E-state index contributed by atoms with van der Waals surface area (Å²) in [6, 6.07) is 6.04. The van der Waals surface area contributed by atoms with Gasteiger partial charge in [-0.3, -0.25) is 0 Å². The molecule has 0 amide bonds. The topological polar surface area (TPSA) is 35.5 Å². The number of anilines is 2. The SMILES string of the molecule is CN1CC(C)(C)Nc2ccc(CO)cc21. The third-order valence-corrected chi connectivity index (χ3v) is 2.76.